The van der Waals surface area contributed by atoms with Crippen molar-refractivity contribution in [2.75, 3.05) is 30.6 Å². The zero-order valence-electron chi connectivity index (χ0n) is 11.9. The molecule has 112 valence electrons. The number of nitrogens with one attached hydrogen (secondary N) is 1. The first-order chi connectivity index (χ1) is 9.78. The van der Waals surface area contributed by atoms with Crippen LogP contribution < -0.4 is 16.2 Å². The Kier molecular flexibility index (Phi) is 5.51. The largest absolute Gasteiger partial charge is 0.396 e. The molecule has 0 radical (unpaired) electrons. The zero-order chi connectivity index (χ0) is 14.4. The monoisotopic (exact) mass is 281 g/mol. The lowest BCUT2D eigenvalue weighted by Crippen LogP contribution is -2.30. The third kappa shape index (κ3) is 3.56. The van der Waals surface area contributed by atoms with E-state index in [1.54, 1.807) is 7.11 Å². The summed E-state index contributed by atoms with van der Waals surface area (Å²) >= 11 is 0. The highest BCUT2D eigenvalue weighted by Gasteiger charge is 2.25. The van der Waals surface area contributed by atoms with Gasteiger partial charge in [0.25, 0.3) is 0 Å². The van der Waals surface area contributed by atoms with Crippen LogP contribution in [-0.4, -0.2) is 41.4 Å². The average molecular weight is 281 g/mol. The molecule has 2 heterocycles. The van der Waals surface area contributed by atoms with Crippen LogP contribution in [0.25, 0.3) is 0 Å². The molecule has 1 atom stereocenters. The third-order valence-electron chi connectivity index (χ3n) is 3.55. The van der Waals surface area contributed by atoms with Crippen LogP contribution in [0.1, 0.15) is 31.5 Å². The molecule has 1 aromatic rings. The second-order valence-electron chi connectivity index (χ2n) is 4.96. The van der Waals surface area contributed by atoms with Gasteiger partial charge in [-0.25, -0.2) is 15.8 Å². The molecule has 4 N–H and O–H groups in total. The van der Waals surface area contributed by atoms with Crippen LogP contribution in [0.2, 0.25) is 0 Å². The number of nitrogen functional groups attached to an aromatic ring is 1. The predicted octanol–water partition coefficient (Wildman–Crippen LogP) is 0.650. The van der Waals surface area contributed by atoms with Gasteiger partial charge >= 0.3 is 0 Å². The van der Waals surface area contributed by atoms with Gasteiger partial charge in [0.1, 0.15) is 18.2 Å². The van der Waals surface area contributed by atoms with E-state index < -0.39 is 0 Å². The van der Waals surface area contributed by atoms with E-state index >= 15 is 0 Å². The summed E-state index contributed by atoms with van der Waals surface area (Å²) in [5, 5.41) is 8.99. The van der Waals surface area contributed by atoms with Gasteiger partial charge < -0.3 is 20.2 Å². The van der Waals surface area contributed by atoms with Crippen LogP contribution in [0.3, 0.4) is 0 Å². The van der Waals surface area contributed by atoms with Crippen LogP contribution in [-0.2, 0) is 11.3 Å². The number of rotatable bonds is 7. The molecule has 2 rings (SSSR count). The summed E-state index contributed by atoms with van der Waals surface area (Å²) in [6.07, 6.45) is 4.07. The molecule has 0 saturated carbocycles. The summed E-state index contributed by atoms with van der Waals surface area (Å²) in [5.74, 6) is 7.55. The number of nitrogens with zero attached hydrogens (tertiary/aromatic N) is 3. The maximum absolute atomic E-state index is 8.99. The van der Waals surface area contributed by atoms with Crippen molar-refractivity contribution >= 4 is 11.6 Å². The van der Waals surface area contributed by atoms with E-state index in [-0.39, 0.29) is 6.61 Å². The first-order valence-electron chi connectivity index (χ1n) is 6.99. The highest BCUT2D eigenvalue weighted by atomic mass is 16.5. The first kappa shape index (κ1) is 15.0. The number of hydrogen-bond donors (Lipinski definition) is 3. The van der Waals surface area contributed by atoms with E-state index in [0.29, 0.717) is 24.3 Å². The third-order valence-corrected chi connectivity index (χ3v) is 3.55. The summed E-state index contributed by atoms with van der Waals surface area (Å²) in [5.41, 5.74) is 2.57. The van der Waals surface area contributed by atoms with Crippen molar-refractivity contribution in [3.8, 4) is 0 Å². The molecule has 1 aromatic heterocycles. The standard InChI is InChI=1S/C13H23N5O2/c1-20-9-12-15-11(17-14)8-13(16-12)18-6-2-4-10(18)5-3-7-19/h8,10,19H,2-7,9,14H2,1H3,(H,15,16,17). The van der Waals surface area contributed by atoms with Crippen molar-refractivity contribution in [2.45, 2.75) is 38.3 Å². The summed E-state index contributed by atoms with van der Waals surface area (Å²) in [7, 11) is 1.62. The van der Waals surface area contributed by atoms with Gasteiger partial charge in [-0.2, -0.15) is 0 Å². The molecular formula is C13H23N5O2. The van der Waals surface area contributed by atoms with Gasteiger partial charge in [0.15, 0.2) is 5.82 Å². The van der Waals surface area contributed by atoms with Crippen LogP contribution in [0.5, 0.6) is 0 Å². The fourth-order valence-electron chi connectivity index (χ4n) is 2.66. The number of aromatic nitrogens is 2. The molecule has 0 aliphatic carbocycles. The van der Waals surface area contributed by atoms with E-state index in [1.807, 2.05) is 6.07 Å². The Morgan fingerprint density at radius 3 is 3.10 bits per heavy atom. The predicted molar refractivity (Wildman–Crippen MR) is 77.2 cm³/mol. The van der Waals surface area contributed by atoms with Crippen molar-refractivity contribution in [3.63, 3.8) is 0 Å². The maximum Gasteiger partial charge on any atom is 0.158 e. The Balaban J connectivity index is 2.19. The molecule has 1 unspecified atom stereocenters. The fraction of sp³-hybridized carbons (Fsp3) is 0.692. The number of hydrogen-bond acceptors (Lipinski definition) is 7. The molecule has 0 spiro atoms. The van der Waals surface area contributed by atoms with Crippen molar-refractivity contribution in [1.29, 1.82) is 0 Å². The van der Waals surface area contributed by atoms with Crippen LogP contribution >= 0.6 is 0 Å². The van der Waals surface area contributed by atoms with Crippen LogP contribution in [0.15, 0.2) is 6.07 Å². The Morgan fingerprint density at radius 2 is 2.40 bits per heavy atom. The van der Waals surface area contributed by atoms with E-state index in [9.17, 15) is 0 Å². The summed E-state index contributed by atoms with van der Waals surface area (Å²) in [4.78, 5) is 11.1. The van der Waals surface area contributed by atoms with Gasteiger partial charge in [-0.15, -0.1) is 0 Å². The Morgan fingerprint density at radius 1 is 1.55 bits per heavy atom. The molecule has 0 bridgehead atoms. The number of anilines is 2. The second kappa shape index (κ2) is 7.37. The Hall–Kier alpha value is -1.44. The molecule has 20 heavy (non-hydrogen) atoms. The lowest BCUT2D eigenvalue weighted by molar-refractivity contribution is 0.178. The van der Waals surface area contributed by atoms with Crippen molar-refractivity contribution in [3.05, 3.63) is 11.9 Å². The number of aliphatic hydroxyl groups is 1. The van der Waals surface area contributed by atoms with Crippen molar-refractivity contribution in [2.24, 2.45) is 5.84 Å². The van der Waals surface area contributed by atoms with Gasteiger partial charge in [0, 0.05) is 32.4 Å². The number of ether oxygens (including phenoxy) is 1. The molecule has 1 fully saturated rings. The lowest BCUT2D eigenvalue weighted by Gasteiger charge is -2.26. The SMILES string of the molecule is COCc1nc(NN)cc(N2CCCC2CCCO)n1. The van der Waals surface area contributed by atoms with Crippen molar-refractivity contribution < 1.29 is 9.84 Å². The molecule has 1 saturated heterocycles. The quantitative estimate of drug-likeness (QED) is 0.499. The lowest BCUT2D eigenvalue weighted by atomic mass is 10.1. The molecule has 7 heteroatoms. The van der Waals surface area contributed by atoms with Gasteiger partial charge in [0.2, 0.25) is 0 Å². The van der Waals surface area contributed by atoms with Gasteiger partial charge in [0.05, 0.1) is 0 Å². The highest BCUT2D eigenvalue weighted by Crippen LogP contribution is 2.28. The van der Waals surface area contributed by atoms with Crippen LogP contribution in [0.4, 0.5) is 11.6 Å². The second-order valence-corrected chi connectivity index (χ2v) is 4.96. The molecule has 0 amide bonds. The number of aliphatic hydroxyl groups excluding tert-OH is 1. The molecule has 1 aliphatic heterocycles. The van der Waals surface area contributed by atoms with E-state index in [0.717, 1.165) is 38.0 Å². The van der Waals surface area contributed by atoms with Gasteiger partial charge in [-0.05, 0) is 25.7 Å². The number of hydrazine groups is 1. The minimum absolute atomic E-state index is 0.235. The highest BCUT2D eigenvalue weighted by molar-refractivity contribution is 5.50. The molecule has 1 aliphatic rings. The average Bonchev–Trinajstić information content (AvgIpc) is 2.93. The van der Waals surface area contributed by atoms with Crippen LogP contribution in [0, 0.1) is 0 Å². The zero-order valence-corrected chi connectivity index (χ0v) is 11.9. The Bertz CT molecular complexity index is 429. The van der Waals surface area contributed by atoms with E-state index in [4.69, 9.17) is 15.7 Å². The van der Waals surface area contributed by atoms with Crippen molar-refractivity contribution in [1.82, 2.24) is 9.97 Å². The van der Waals surface area contributed by atoms with Gasteiger partial charge in [-0.1, -0.05) is 0 Å². The summed E-state index contributed by atoms with van der Waals surface area (Å²) in [6, 6.07) is 2.29. The Labute approximate surface area is 119 Å². The normalized spacial score (nSPS) is 18.6. The van der Waals surface area contributed by atoms with Gasteiger partial charge in [-0.3, -0.25) is 0 Å². The topological polar surface area (TPSA) is 96.5 Å². The van der Waals surface area contributed by atoms with E-state index in [1.165, 1.54) is 0 Å². The van der Waals surface area contributed by atoms with E-state index in [2.05, 4.69) is 20.3 Å². The molecule has 7 nitrogen and oxygen atoms in total. The fourth-order valence-corrected chi connectivity index (χ4v) is 2.66. The molecule has 0 aromatic carbocycles. The molecular weight excluding hydrogens is 258 g/mol. The maximum atomic E-state index is 8.99. The number of nitrogens with two attached hydrogens (primary N) is 1. The minimum Gasteiger partial charge on any atom is -0.396 e. The first-order valence-corrected chi connectivity index (χ1v) is 6.99. The number of methoxy groups -OCH3 is 1. The summed E-state index contributed by atoms with van der Waals surface area (Å²) < 4.78 is 5.09. The minimum atomic E-state index is 0.235. The smallest absolute Gasteiger partial charge is 0.158 e. The summed E-state index contributed by atoms with van der Waals surface area (Å²) in [6.45, 7) is 1.57.